The lowest BCUT2D eigenvalue weighted by Crippen LogP contribution is -2.43. The average Bonchev–Trinajstić information content (AvgIpc) is 3.36. The van der Waals surface area contributed by atoms with Crippen LogP contribution in [0.1, 0.15) is 22.3 Å². The molecule has 2 aromatic heterocycles. The largest absolute Gasteiger partial charge is 0.480 e. The van der Waals surface area contributed by atoms with Gasteiger partial charge in [-0.05, 0) is 48.7 Å². The number of benzene rings is 3. The molecular formula is C31H26ClNO6S. The first kappa shape index (κ1) is 27.6. The second-order valence-electron chi connectivity index (χ2n) is 9.54. The van der Waals surface area contributed by atoms with Crippen molar-refractivity contribution in [1.82, 2.24) is 5.32 Å². The molecule has 2 N–H and O–H groups in total. The van der Waals surface area contributed by atoms with Crippen molar-refractivity contribution < 1.29 is 23.5 Å². The molecule has 1 unspecified atom stereocenters. The number of aliphatic carboxylic acids is 1. The Kier molecular flexibility index (Phi) is 8.00. The van der Waals surface area contributed by atoms with E-state index in [1.807, 2.05) is 55.5 Å². The number of furan rings is 1. The first-order chi connectivity index (χ1) is 19.2. The third-order valence-electron chi connectivity index (χ3n) is 6.86. The van der Waals surface area contributed by atoms with E-state index in [0.717, 1.165) is 22.1 Å². The van der Waals surface area contributed by atoms with Crippen molar-refractivity contribution in [2.24, 2.45) is 0 Å². The quantitative estimate of drug-likeness (QED) is 0.192. The molecular weight excluding hydrogens is 550 g/mol. The highest BCUT2D eigenvalue weighted by Crippen LogP contribution is 2.37. The summed E-state index contributed by atoms with van der Waals surface area (Å²) in [6.07, 6.45) is 1.35. The molecule has 1 amide bonds. The van der Waals surface area contributed by atoms with Crippen molar-refractivity contribution >= 4 is 57.2 Å². The Hall–Kier alpha value is -4.01. The van der Waals surface area contributed by atoms with Gasteiger partial charge in [-0.25, -0.2) is 9.59 Å². The number of hydrogen-bond acceptors (Lipinski definition) is 6. The zero-order chi connectivity index (χ0) is 28.4. The lowest BCUT2D eigenvalue weighted by atomic mass is 9.97. The van der Waals surface area contributed by atoms with E-state index < -0.39 is 23.5 Å². The summed E-state index contributed by atoms with van der Waals surface area (Å²) in [4.78, 5) is 37.7. The molecule has 0 radical (unpaired) electrons. The number of thioether (sulfide) groups is 1. The molecule has 7 nitrogen and oxygen atoms in total. The van der Waals surface area contributed by atoms with E-state index in [1.54, 1.807) is 25.3 Å². The van der Waals surface area contributed by atoms with E-state index in [1.165, 1.54) is 11.8 Å². The van der Waals surface area contributed by atoms with Crippen LogP contribution in [0.3, 0.4) is 0 Å². The van der Waals surface area contributed by atoms with Crippen molar-refractivity contribution in [1.29, 1.82) is 0 Å². The van der Waals surface area contributed by atoms with Gasteiger partial charge < -0.3 is 19.3 Å². The van der Waals surface area contributed by atoms with E-state index >= 15 is 0 Å². The zero-order valence-electron chi connectivity index (χ0n) is 21.8. The molecule has 3 aromatic carbocycles. The Morgan fingerprint density at radius 3 is 2.42 bits per heavy atom. The summed E-state index contributed by atoms with van der Waals surface area (Å²) < 4.78 is 11.5. The van der Waals surface area contributed by atoms with Gasteiger partial charge in [0, 0.05) is 38.4 Å². The Balaban J connectivity index is 1.41. The molecule has 0 aliphatic carbocycles. The summed E-state index contributed by atoms with van der Waals surface area (Å²) in [5.74, 6) is -0.894. The van der Waals surface area contributed by atoms with Crippen molar-refractivity contribution in [3.8, 4) is 11.1 Å². The Bertz CT molecular complexity index is 1780. The summed E-state index contributed by atoms with van der Waals surface area (Å²) in [6, 6.07) is 17.9. The van der Waals surface area contributed by atoms with Crippen molar-refractivity contribution in [3.63, 3.8) is 0 Å². The SMILES string of the molecule is Cc1c(CC(=O)NC(CSCc2ccccc2)C(=O)O)c(=O)oc2c(C)c3occ(-c4ccc(Cl)cc4)c3cc12. The maximum Gasteiger partial charge on any atom is 0.340 e. The predicted octanol–water partition coefficient (Wildman–Crippen LogP) is 6.52. The molecule has 5 aromatic rings. The van der Waals surface area contributed by atoms with Crippen LogP contribution < -0.4 is 10.9 Å². The molecule has 40 heavy (non-hydrogen) atoms. The van der Waals surface area contributed by atoms with Crippen LogP contribution in [0.4, 0.5) is 0 Å². The van der Waals surface area contributed by atoms with E-state index in [-0.39, 0.29) is 17.7 Å². The number of rotatable bonds is 9. The van der Waals surface area contributed by atoms with Gasteiger partial charge in [0.05, 0.1) is 18.2 Å². The van der Waals surface area contributed by atoms with Gasteiger partial charge in [-0.3, -0.25) is 4.79 Å². The molecule has 204 valence electrons. The van der Waals surface area contributed by atoms with E-state index in [4.69, 9.17) is 20.4 Å². The molecule has 5 rings (SSSR count). The van der Waals surface area contributed by atoms with E-state index in [9.17, 15) is 19.5 Å². The first-order valence-corrected chi connectivity index (χ1v) is 14.1. The second-order valence-corrected chi connectivity index (χ2v) is 11.0. The van der Waals surface area contributed by atoms with Crippen LogP contribution in [0, 0.1) is 13.8 Å². The van der Waals surface area contributed by atoms with Crippen LogP contribution in [-0.4, -0.2) is 28.8 Å². The highest BCUT2D eigenvalue weighted by atomic mass is 35.5. The molecule has 0 aliphatic heterocycles. The lowest BCUT2D eigenvalue weighted by molar-refractivity contribution is -0.141. The van der Waals surface area contributed by atoms with Crippen molar-refractivity contribution in [3.05, 3.63) is 105 Å². The van der Waals surface area contributed by atoms with E-state index in [2.05, 4.69) is 5.32 Å². The fourth-order valence-corrected chi connectivity index (χ4v) is 5.84. The highest BCUT2D eigenvalue weighted by molar-refractivity contribution is 7.98. The first-order valence-electron chi connectivity index (χ1n) is 12.6. The van der Waals surface area contributed by atoms with Gasteiger partial charge in [0.15, 0.2) is 0 Å². The van der Waals surface area contributed by atoms with Crippen LogP contribution in [-0.2, 0) is 21.8 Å². The van der Waals surface area contributed by atoms with Gasteiger partial charge in [-0.15, -0.1) is 0 Å². The molecule has 0 aliphatic rings. The maximum atomic E-state index is 13.0. The molecule has 0 fully saturated rings. The molecule has 9 heteroatoms. The van der Waals surface area contributed by atoms with Gasteiger partial charge in [0.2, 0.25) is 5.91 Å². The van der Waals surface area contributed by atoms with Gasteiger partial charge in [-0.1, -0.05) is 54.1 Å². The summed E-state index contributed by atoms with van der Waals surface area (Å²) in [6.45, 7) is 3.58. The average molecular weight is 576 g/mol. The number of aryl methyl sites for hydroxylation is 2. The number of amides is 1. The minimum Gasteiger partial charge on any atom is -0.480 e. The Morgan fingerprint density at radius 2 is 1.73 bits per heavy atom. The number of fused-ring (bicyclic) bond motifs is 2. The third kappa shape index (κ3) is 5.64. The van der Waals surface area contributed by atoms with Crippen LogP contribution in [0.25, 0.3) is 33.1 Å². The zero-order valence-corrected chi connectivity index (χ0v) is 23.4. The van der Waals surface area contributed by atoms with Crippen LogP contribution in [0.5, 0.6) is 0 Å². The summed E-state index contributed by atoms with van der Waals surface area (Å²) in [7, 11) is 0. The Labute approximate surface area is 239 Å². The second kappa shape index (κ2) is 11.6. The Morgan fingerprint density at radius 1 is 1.00 bits per heavy atom. The van der Waals surface area contributed by atoms with Crippen molar-refractivity contribution in [2.75, 3.05) is 5.75 Å². The highest BCUT2D eigenvalue weighted by Gasteiger charge is 2.23. The number of nitrogens with one attached hydrogen (secondary N) is 1. The van der Waals surface area contributed by atoms with Gasteiger partial charge in [0.25, 0.3) is 0 Å². The maximum absolute atomic E-state index is 13.0. The topological polar surface area (TPSA) is 110 Å². The minimum atomic E-state index is -1.14. The third-order valence-corrected chi connectivity index (χ3v) is 8.22. The smallest absolute Gasteiger partial charge is 0.340 e. The van der Waals surface area contributed by atoms with Gasteiger partial charge >= 0.3 is 11.6 Å². The summed E-state index contributed by atoms with van der Waals surface area (Å²) in [5.41, 5.74) is 4.64. The normalized spacial score (nSPS) is 12.1. The summed E-state index contributed by atoms with van der Waals surface area (Å²) >= 11 is 7.47. The predicted molar refractivity (Wildman–Crippen MR) is 158 cm³/mol. The van der Waals surface area contributed by atoms with Crippen LogP contribution in [0.2, 0.25) is 5.02 Å². The lowest BCUT2D eigenvalue weighted by Gasteiger charge is -2.15. The number of carbonyl (C=O) groups excluding carboxylic acids is 1. The molecule has 0 saturated heterocycles. The number of carboxylic acids is 1. The fraction of sp³-hybridized carbons (Fsp3) is 0.194. The van der Waals surface area contributed by atoms with Gasteiger partial charge in [0.1, 0.15) is 17.2 Å². The molecule has 0 saturated carbocycles. The number of halogens is 1. The van der Waals surface area contributed by atoms with E-state index in [0.29, 0.717) is 38.5 Å². The molecule has 1 atom stereocenters. The van der Waals surface area contributed by atoms with Crippen molar-refractivity contribution in [2.45, 2.75) is 32.1 Å². The molecule has 2 heterocycles. The number of carbonyl (C=O) groups is 2. The standard InChI is InChI=1S/C31H26ClNO6S/c1-17-22-12-24-25(20-8-10-21(32)11-9-20)14-38-28(24)18(2)29(22)39-31(37)23(17)13-27(34)33-26(30(35)36)16-40-15-19-6-4-3-5-7-19/h3-12,14,26H,13,15-16H2,1-2H3,(H,33,34)(H,35,36). The molecule has 0 bridgehead atoms. The fourth-order valence-electron chi connectivity index (χ4n) is 4.70. The monoisotopic (exact) mass is 575 g/mol. The van der Waals surface area contributed by atoms with Crippen LogP contribution >= 0.6 is 23.4 Å². The van der Waals surface area contributed by atoms with Gasteiger partial charge in [-0.2, -0.15) is 11.8 Å². The summed E-state index contributed by atoms with van der Waals surface area (Å²) in [5, 5.41) is 14.4. The van der Waals surface area contributed by atoms with Crippen LogP contribution in [0.15, 0.2) is 80.6 Å². The minimum absolute atomic E-state index is 0.182. The molecule has 0 spiro atoms. The number of hydrogen-bond donors (Lipinski definition) is 2. The number of carboxylic acid groups (broad SMARTS) is 1.